The van der Waals surface area contributed by atoms with Crippen molar-refractivity contribution in [3.05, 3.63) is 34.8 Å². The maximum atomic E-state index is 4.56. The highest BCUT2D eigenvalue weighted by Gasteiger charge is 2.13. The van der Waals surface area contributed by atoms with Crippen LogP contribution in [0.5, 0.6) is 0 Å². The number of hydrogen-bond donors (Lipinski definition) is 1. The normalized spacial score (nSPS) is 11.3. The average molecular weight is 259 g/mol. The number of nitrogens with zero attached hydrogens (tertiary/aromatic N) is 4. The number of nitrogens with one attached hydrogen (secondary N) is 1. The highest BCUT2D eigenvalue weighted by atomic mass is 15.3. The Morgan fingerprint density at radius 1 is 1.16 bits per heavy atom. The van der Waals surface area contributed by atoms with Gasteiger partial charge in [0.25, 0.3) is 0 Å². The van der Waals surface area contributed by atoms with Crippen LogP contribution >= 0.6 is 0 Å². The summed E-state index contributed by atoms with van der Waals surface area (Å²) in [4.78, 5) is 0. The SMILES string of the molecule is Cc1ccc(-n2nc(C)c(CNC(C)C)c2C)nn1. The first-order chi connectivity index (χ1) is 8.99. The maximum Gasteiger partial charge on any atom is 0.175 e. The molecule has 2 aromatic rings. The molecule has 0 spiro atoms. The summed E-state index contributed by atoms with van der Waals surface area (Å²) in [6, 6.07) is 4.35. The van der Waals surface area contributed by atoms with Crippen molar-refractivity contribution in [3.8, 4) is 5.82 Å². The van der Waals surface area contributed by atoms with E-state index < -0.39 is 0 Å². The van der Waals surface area contributed by atoms with E-state index in [0.717, 1.165) is 29.4 Å². The van der Waals surface area contributed by atoms with Crippen LogP contribution in [0.1, 0.15) is 36.5 Å². The van der Waals surface area contributed by atoms with Crippen molar-refractivity contribution in [2.45, 2.75) is 47.2 Å². The van der Waals surface area contributed by atoms with Crippen LogP contribution < -0.4 is 5.32 Å². The third-order valence-corrected chi connectivity index (χ3v) is 3.13. The molecule has 0 bridgehead atoms. The molecule has 2 heterocycles. The van der Waals surface area contributed by atoms with Crippen LogP contribution in [0.2, 0.25) is 0 Å². The molecule has 0 atom stereocenters. The fourth-order valence-electron chi connectivity index (χ4n) is 1.96. The molecule has 0 aliphatic rings. The molecule has 2 aromatic heterocycles. The summed E-state index contributed by atoms with van der Waals surface area (Å²) in [6.45, 7) is 11.1. The van der Waals surface area contributed by atoms with Gasteiger partial charge in [0.05, 0.1) is 11.4 Å². The Kier molecular flexibility index (Phi) is 3.95. The molecule has 0 radical (unpaired) electrons. The van der Waals surface area contributed by atoms with E-state index in [2.05, 4.69) is 41.4 Å². The molecule has 0 saturated carbocycles. The van der Waals surface area contributed by atoms with E-state index in [-0.39, 0.29) is 0 Å². The van der Waals surface area contributed by atoms with Crippen molar-refractivity contribution >= 4 is 0 Å². The van der Waals surface area contributed by atoms with Crippen molar-refractivity contribution in [2.24, 2.45) is 0 Å². The molecule has 0 fully saturated rings. The largest absolute Gasteiger partial charge is 0.310 e. The summed E-state index contributed by atoms with van der Waals surface area (Å²) in [5.41, 5.74) is 4.29. The molecule has 0 aliphatic carbocycles. The molecule has 0 aromatic carbocycles. The summed E-state index contributed by atoms with van der Waals surface area (Å²) in [7, 11) is 0. The van der Waals surface area contributed by atoms with E-state index in [1.165, 1.54) is 5.56 Å². The quantitative estimate of drug-likeness (QED) is 0.913. The summed E-state index contributed by atoms with van der Waals surface area (Å²) < 4.78 is 1.86. The molecule has 102 valence electrons. The van der Waals surface area contributed by atoms with Crippen molar-refractivity contribution in [3.63, 3.8) is 0 Å². The van der Waals surface area contributed by atoms with Gasteiger partial charge in [0.2, 0.25) is 0 Å². The maximum absolute atomic E-state index is 4.56. The predicted molar refractivity (Wildman–Crippen MR) is 75.3 cm³/mol. The Morgan fingerprint density at radius 3 is 2.47 bits per heavy atom. The van der Waals surface area contributed by atoms with Gasteiger partial charge in [-0.3, -0.25) is 0 Å². The van der Waals surface area contributed by atoms with E-state index in [0.29, 0.717) is 6.04 Å². The van der Waals surface area contributed by atoms with Crippen molar-refractivity contribution in [1.29, 1.82) is 0 Å². The molecule has 0 saturated heterocycles. The predicted octanol–water partition coefficient (Wildman–Crippen LogP) is 2.09. The zero-order valence-corrected chi connectivity index (χ0v) is 12.2. The second-order valence-electron chi connectivity index (χ2n) is 5.13. The zero-order valence-electron chi connectivity index (χ0n) is 12.2. The van der Waals surface area contributed by atoms with Crippen LogP contribution in [0.25, 0.3) is 5.82 Å². The lowest BCUT2D eigenvalue weighted by Gasteiger charge is -2.08. The highest BCUT2D eigenvalue weighted by Crippen LogP contribution is 2.16. The topological polar surface area (TPSA) is 55.6 Å². The smallest absolute Gasteiger partial charge is 0.175 e. The summed E-state index contributed by atoms with van der Waals surface area (Å²) in [5, 5.41) is 16.3. The molecule has 0 unspecified atom stereocenters. The molecule has 0 amide bonds. The number of rotatable bonds is 4. The molecule has 19 heavy (non-hydrogen) atoms. The van der Waals surface area contributed by atoms with Gasteiger partial charge >= 0.3 is 0 Å². The van der Waals surface area contributed by atoms with Gasteiger partial charge in [0.15, 0.2) is 5.82 Å². The van der Waals surface area contributed by atoms with Crippen LogP contribution in [0, 0.1) is 20.8 Å². The fourth-order valence-corrected chi connectivity index (χ4v) is 1.96. The van der Waals surface area contributed by atoms with E-state index in [1.54, 1.807) is 0 Å². The lowest BCUT2D eigenvalue weighted by molar-refractivity contribution is 0.586. The van der Waals surface area contributed by atoms with Crippen molar-refractivity contribution in [1.82, 2.24) is 25.3 Å². The van der Waals surface area contributed by atoms with Gasteiger partial charge in [0.1, 0.15) is 0 Å². The minimum absolute atomic E-state index is 0.460. The molecule has 0 aliphatic heterocycles. The van der Waals surface area contributed by atoms with E-state index in [4.69, 9.17) is 0 Å². The van der Waals surface area contributed by atoms with E-state index >= 15 is 0 Å². The van der Waals surface area contributed by atoms with Gasteiger partial charge in [-0.25, -0.2) is 4.68 Å². The first-order valence-corrected chi connectivity index (χ1v) is 6.58. The van der Waals surface area contributed by atoms with Gasteiger partial charge in [0, 0.05) is 23.8 Å². The summed E-state index contributed by atoms with van der Waals surface area (Å²) in [5.74, 6) is 0.766. The Balaban J connectivity index is 2.32. The molecule has 1 N–H and O–H groups in total. The van der Waals surface area contributed by atoms with Crippen LogP contribution in [0.15, 0.2) is 12.1 Å². The molecular formula is C14H21N5. The summed E-state index contributed by atoms with van der Waals surface area (Å²) >= 11 is 0. The minimum Gasteiger partial charge on any atom is -0.310 e. The van der Waals surface area contributed by atoms with Crippen LogP contribution in [0.3, 0.4) is 0 Å². The first kappa shape index (κ1) is 13.7. The van der Waals surface area contributed by atoms with Crippen LogP contribution in [-0.4, -0.2) is 26.0 Å². The zero-order chi connectivity index (χ0) is 14.0. The number of aromatic nitrogens is 4. The Bertz CT molecular complexity index is 554. The van der Waals surface area contributed by atoms with Gasteiger partial charge in [-0.2, -0.15) is 10.2 Å². The fraction of sp³-hybridized carbons (Fsp3) is 0.500. The van der Waals surface area contributed by atoms with Gasteiger partial charge in [-0.1, -0.05) is 13.8 Å². The molecular weight excluding hydrogens is 238 g/mol. The first-order valence-electron chi connectivity index (χ1n) is 6.58. The second-order valence-corrected chi connectivity index (χ2v) is 5.13. The number of aryl methyl sites for hydroxylation is 2. The van der Waals surface area contributed by atoms with Crippen LogP contribution in [-0.2, 0) is 6.54 Å². The molecule has 2 rings (SSSR count). The van der Waals surface area contributed by atoms with E-state index in [9.17, 15) is 0 Å². The average Bonchev–Trinajstić information content (AvgIpc) is 2.63. The Morgan fingerprint density at radius 2 is 1.89 bits per heavy atom. The summed E-state index contributed by atoms with van der Waals surface area (Å²) in [6.07, 6.45) is 0. The Hall–Kier alpha value is -1.75. The van der Waals surface area contributed by atoms with E-state index in [1.807, 2.05) is 30.7 Å². The monoisotopic (exact) mass is 259 g/mol. The van der Waals surface area contributed by atoms with Gasteiger partial charge < -0.3 is 5.32 Å². The van der Waals surface area contributed by atoms with Crippen LogP contribution in [0.4, 0.5) is 0 Å². The van der Waals surface area contributed by atoms with Crippen molar-refractivity contribution in [2.75, 3.05) is 0 Å². The Labute approximate surface area is 114 Å². The molecule has 5 nitrogen and oxygen atoms in total. The third kappa shape index (κ3) is 2.98. The highest BCUT2D eigenvalue weighted by molar-refractivity contribution is 5.32. The molecule has 5 heteroatoms. The minimum atomic E-state index is 0.460. The van der Waals surface area contributed by atoms with Gasteiger partial charge in [-0.05, 0) is 32.9 Å². The third-order valence-electron chi connectivity index (χ3n) is 3.13. The van der Waals surface area contributed by atoms with Crippen molar-refractivity contribution < 1.29 is 0 Å². The van der Waals surface area contributed by atoms with Gasteiger partial charge in [-0.15, -0.1) is 5.10 Å². The number of hydrogen-bond acceptors (Lipinski definition) is 4. The lowest BCUT2D eigenvalue weighted by Crippen LogP contribution is -2.22. The second kappa shape index (κ2) is 5.48. The standard InChI is InChI=1S/C14H21N5/c1-9(2)15-8-13-11(4)18-19(12(13)5)14-7-6-10(3)16-17-14/h6-7,9,15H,8H2,1-5H3. The lowest BCUT2D eigenvalue weighted by atomic mass is 10.2.